The Bertz CT molecular complexity index is 307. The van der Waals surface area contributed by atoms with E-state index in [0.717, 1.165) is 6.07 Å². The Kier molecular flexibility index (Phi) is 3.68. The molecule has 15 heavy (non-hydrogen) atoms. The molecule has 1 aromatic heterocycles. The lowest BCUT2D eigenvalue weighted by molar-refractivity contribution is -0.141. The third kappa shape index (κ3) is 3.20. The molecule has 0 bridgehead atoms. The van der Waals surface area contributed by atoms with E-state index in [-0.39, 0.29) is 6.10 Å². The monoisotopic (exact) mass is 219 g/mol. The van der Waals surface area contributed by atoms with Crippen LogP contribution in [0.5, 0.6) is 0 Å². The van der Waals surface area contributed by atoms with Crippen molar-refractivity contribution < 1.29 is 17.9 Å². The molecule has 0 radical (unpaired) electrons. The van der Waals surface area contributed by atoms with E-state index in [4.69, 9.17) is 4.74 Å². The number of rotatable bonds is 3. The molecule has 0 fully saturated rings. The van der Waals surface area contributed by atoms with Gasteiger partial charge in [0, 0.05) is 12.8 Å². The number of hydrogen-bond acceptors (Lipinski definition) is 2. The first-order valence-electron chi connectivity index (χ1n) is 4.60. The normalized spacial score (nSPS) is 13.9. The fourth-order valence-electron chi connectivity index (χ4n) is 1.16. The Morgan fingerprint density at radius 2 is 2.07 bits per heavy atom. The highest BCUT2D eigenvalue weighted by Crippen LogP contribution is 2.28. The Morgan fingerprint density at radius 1 is 1.40 bits per heavy atom. The summed E-state index contributed by atoms with van der Waals surface area (Å²) in [5, 5.41) is 0. The van der Waals surface area contributed by atoms with Crippen LogP contribution in [-0.4, -0.2) is 11.6 Å². The zero-order valence-corrected chi connectivity index (χ0v) is 8.51. The lowest BCUT2D eigenvalue weighted by atomic mass is 10.2. The summed E-state index contributed by atoms with van der Waals surface area (Å²) in [7, 11) is 0. The van der Waals surface area contributed by atoms with Crippen LogP contribution >= 0.6 is 0 Å². The topological polar surface area (TPSA) is 22.1 Å². The summed E-state index contributed by atoms with van der Waals surface area (Å²) in [6.07, 6.45) is -3.42. The van der Waals surface area contributed by atoms with Gasteiger partial charge >= 0.3 is 6.18 Å². The molecule has 1 atom stereocenters. The highest BCUT2D eigenvalue weighted by molar-refractivity contribution is 5.17. The van der Waals surface area contributed by atoms with Gasteiger partial charge in [-0.15, -0.1) is 0 Å². The van der Waals surface area contributed by atoms with Crippen LogP contribution in [0.15, 0.2) is 18.3 Å². The van der Waals surface area contributed by atoms with Crippen molar-refractivity contribution in [2.45, 2.75) is 26.1 Å². The Labute approximate surface area is 86.1 Å². The molecule has 0 aromatic carbocycles. The van der Waals surface area contributed by atoms with E-state index in [1.165, 1.54) is 12.3 Å². The molecule has 0 aliphatic heterocycles. The van der Waals surface area contributed by atoms with Gasteiger partial charge in [-0.25, -0.2) is 0 Å². The Hall–Kier alpha value is -1.10. The number of pyridine rings is 1. The molecular formula is C10H12F3NO. The summed E-state index contributed by atoms with van der Waals surface area (Å²) < 4.78 is 41.8. The van der Waals surface area contributed by atoms with Crippen molar-refractivity contribution in [3.05, 3.63) is 29.6 Å². The third-order valence-electron chi connectivity index (χ3n) is 1.96. The molecule has 0 amide bonds. The van der Waals surface area contributed by atoms with Crippen LogP contribution < -0.4 is 0 Å². The van der Waals surface area contributed by atoms with Crippen molar-refractivity contribution in [1.82, 2.24) is 4.98 Å². The first kappa shape index (κ1) is 12.0. The molecule has 0 spiro atoms. The molecule has 0 saturated heterocycles. The highest BCUT2D eigenvalue weighted by atomic mass is 19.4. The molecule has 0 aliphatic carbocycles. The summed E-state index contributed by atoms with van der Waals surface area (Å²) in [5.41, 5.74) is -0.236. The van der Waals surface area contributed by atoms with Gasteiger partial charge in [-0.2, -0.15) is 13.2 Å². The highest BCUT2D eigenvalue weighted by Gasteiger charge is 2.32. The molecule has 0 aliphatic rings. The summed E-state index contributed by atoms with van der Waals surface area (Å²) in [4.78, 5) is 3.35. The third-order valence-corrected chi connectivity index (χ3v) is 1.96. The lowest BCUT2D eigenvalue weighted by Crippen LogP contribution is -2.08. The first-order valence-corrected chi connectivity index (χ1v) is 4.60. The average Bonchev–Trinajstić information content (AvgIpc) is 2.17. The van der Waals surface area contributed by atoms with E-state index >= 15 is 0 Å². The van der Waals surface area contributed by atoms with Crippen LogP contribution in [0.25, 0.3) is 0 Å². The molecule has 0 N–H and O–H groups in total. The second-order valence-electron chi connectivity index (χ2n) is 3.07. The number of hydrogen-bond donors (Lipinski definition) is 0. The van der Waals surface area contributed by atoms with E-state index in [1.54, 1.807) is 6.92 Å². The van der Waals surface area contributed by atoms with Crippen molar-refractivity contribution in [3.8, 4) is 0 Å². The van der Waals surface area contributed by atoms with E-state index in [1.807, 2.05) is 6.92 Å². The van der Waals surface area contributed by atoms with Gasteiger partial charge in [-0.05, 0) is 25.5 Å². The predicted molar refractivity (Wildman–Crippen MR) is 49.3 cm³/mol. The minimum atomic E-state index is -4.38. The fraction of sp³-hybridized carbons (Fsp3) is 0.500. The van der Waals surface area contributed by atoms with Gasteiger partial charge in [0.05, 0.1) is 6.10 Å². The van der Waals surface area contributed by atoms with Crippen molar-refractivity contribution in [2.24, 2.45) is 0 Å². The fourth-order valence-corrected chi connectivity index (χ4v) is 1.16. The van der Waals surface area contributed by atoms with Crippen molar-refractivity contribution in [2.75, 3.05) is 6.61 Å². The van der Waals surface area contributed by atoms with Crippen LogP contribution in [-0.2, 0) is 10.9 Å². The molecule has 1 heterocycles. The second-order valence-corrected chi connectivity index (χ2v) is 3.07. The van der Waals surface area contributed by atoms with Crippen LogP contribution in [0, 0.1) is 0 Å². The van der Waals surface area contributed by atoms with Gasteiger partial charge in [0.1, 0.15) is 5.69 Å². The molecule has 1 aromatic rings. The van der Waals surface area contributed by atoms with E-state index in [9.17, 15) is 13.2 Å². The smallest absolute Gasteiger partial charge is 0.374 e. The largest absolute Gasteiger partial charge is 0.433 e. The number of nitrogens with zero attached hydrogens (tertiary/aromatic N) is 1. The number of ether oxygens (including phenoxy) is 1. The summed E-state index contributed by atoms with van der Waals surface area (Å²) in [5.74, 6) is 0. The maximum absolute atomic E-state index is 12.2. The Balaban J connectivity index is 2.81. The summed E-state index contributed by atoms with van der Waals surface area (Å²) in [6.45, 7) is 4.12. The molecule has 1 rings (SSSR count). The van der Waals surface area contributed by atoms with Gasteiger partial charge in [0.25, 0.3) is 0 Å². The van der Waals surface area contributed by atoms with E-state index in [0.29, 0.717) is 12.2 Å². The molecule has 1 unspecified atom stereocenters. The van der Waals surface area contributed by atoms with Crippen molar-refractivity contribution >= 4 is 0 Å². The van der Waals surface area contributed by atoms with Gasteiger partial charge in [-0.3, -0.25) is 4.98 Å². The van der Waals surface area contributed by atoms with Crippen LogP contribution in [0.3, 0.4) is 0 Å². The molecule has 0 saturated carbocycles. The molecule has 5 heteroatoms. The maximum Gasteiger partial charge on any atom is 0.433 e. The molecule has 2 nitrogen and oxygen atoms in total. The van der Waals surface area contributed by atoms with Gasteiger partial charge < -0.3 is 4.74 Å². The summed E-state index contributed by atoms with van der Waals surface area (Å²) in [6, 6.07) is 2.35. The minimum absolute atomic E-state index is 0.232. The average molecular weight is 219 g/mol. The van der Waals surface area contributed by atoms with Gasteiger partial charge in [0.2, 0.25) is 0 Å². The number of alkyl halides is 3. The van der Waals surface area contributed by atoms with Crippen LogP contribution in [0.2, 0.25) is 0 Å². The van der Waals surface area contributed by atoms with E-state index < -0.39 is 11.9 Å². The number of aromatic nitrogens is 1. The van der Waals surface area contributed by atoms with Crippen LogP contribution in [0.1, 0.15) is 31.2 Å². The maximum atomic E-state index is 12.2. The van der Waals surface area contributed by atoms with Gasteiger partial charge in [0.15, 0.2) is 0 Å². The summed E-state index contributed by atoms with van der Waals surface area (Å²) >= 11 is 0. The quantitative estimate of drug-likeness (QED) is 0.778. The standard InChI is InChI=1S/C10H12F3NO/c1-3-15-7(2)8-4-5-9(14-6-8)10(11,12)13/h4-7H,3H2,1-2H3. The predicted octanol–water partition coefficient (Wildman–Crippen LogP) is 3.20. The molecule has 84 valence electrons. The number of halogens is 3. The lowest BCUT2D eigenvalue weighted by Gasteiger charge is -2.12. The van der Waals surface area contributed by atoms with Gasteiger partial charge in [-0.1, -0.05) is 6.07 Å². The van der Waals surface area contributed by atoms with Crippen molar-refractivity contribution in [1.29, 1.82) is 0 Å². The zero-order valence-electron chi connectivity index (χ0n) is 8.51. The first-order chi connectivity index (χ1) is 6.95. The second kappa shape index (κ2) is 4.61. The van der Waals surface area contributed by atoms with Crippen LogP contribution in [0.4, 0.5) is 13.2 Å². The SMILES string of the molecule is CCOC(C)c1ccc(C(F)(F)F)nc1. The minimum Gasteiger partial charge on any atom is -0.374 e. The zero-order chi connectivity index (χ0) is 11.5. The Morgan fingerprint density at radius 3 is 2.47 bits per heavy atom. The van der Waals surface area contributed by atoms with Crippen molar-refractivity contribution in [3.63, 3.8) is 0 Å². The molecular weight excluding hydrogens is 207 g/mol. The van der Waals surface area contributed by atoms with E-state index in [2.05, 4.69) is 4.98 Å².